The van der Waals surface area contributed by atoms with Gasteiger partial charge in [0.15, 0.2) is 0 Å². The van der Waals surface area contributed by atoms with Crippen molar-refractivity contribution in [1.82, 2.24) is 13.9 Å². The molecular weight excluding hydrogens is 352 g/mol. The molecule has 0 bridgehead atoms. The smallest absolute Gasteiger partial charge is 0.244 e. The van der Waals surface area contributed by atoms with Crippen molar-refractivity contribution in [2.24, 2.45) is 12.1 Å². The monoisotopic (exact) mass is 374 g/mol. The summed E-state index contributed by atoms with van der Waals surface area (Å²) in [4.78, 5) is 4.25. The fourth-order valence-electron chi connectivity index (χ4n) is 2.44. The Morgan fingerprint density at radius 2 is 2.08 bits per heavy atom. The fourth-order valence-corrected chi connectivity index (χ4v) is 3.84. The minimum atomic E-state index is -3.52. The largest absolute Gasteiger partial charge is 0.339 e. The van der Waals surface area contributed by atoms with Crippen LogP contribution in [0.15, 0.2) is 34.4 Å². The zero-order valence-corrected chi connectivity index (χ0v) is 16.1. The number of nitriles is 1. The van der Waals surface area contributed by atoms with E-state index in [-0.39, 0.29) is 4.90 Å². The van der Waals surface area contributed by atoms with Gasteiger partial charge in [-0.2, -0.15) is 14.7 Å². The van der Waals surface area contributed by atoms with E-state index < -0.39 is 10.0 Å². The Bertz CT molecular complexity index is 935. The van der Waals surface area contributed by atoms with Crippen LogP contribution in [-0.4, -0.2) is 41.6 Å². The van der Waals surface area contributed by atoms with Gasteiger partial charge in [-0.3, -0.25) is 5.43 Å². The van der Waals surface area contributed by atoms with E-state index in [9.17, 15) is 8.42 Å². The maximum Gasteiger partial charge on any atom is 0.244 e. The molecule has 0 aromatic carbocycles. The predicted molar refractivity (Wildman–Crippen MR) is 100 cm³/mol. The topological polar surface area (TPSA) is 103 Å². The minimum absolute atomic E-state index is 0.147. The molecule has 2 heterocycles. The Morgan fingerprint density at radius 3 is 2.58 bits per heavy atom. The molecule has 0 radical (unpaired) electrons. The molecule has 2 rings (SSSR count). The number of nitrogens with zero attached hydrogens (tertiary/aromatic N) is 5. The molecule has 0 unspecified atom stereocenters. The van der Waals surface area contributed by atoms with E-state index in [0.717, 1.165) is 11.3 Å². The summed E-state index contributed by atoms with van der Waals surface area (Å²) in [6.07, 6.45) is 2.91. The Kier molecular flexibility index (Phi) is 6.13. The van der Waals surface area contributed by atoms with Crippen LogP contribution in [0.1, 0.15) is 30.8 Å². The number of nitrogens with one attached hydrogen (secondary N) is 1. The molecule has 0 fully saturated rings. The van der Waals surface area contributed by atoms with Crippen LogP contribution in [0.3, 0.4) is 0 Å². The maximum atomic E-state index is 12.4. The highest BCUT2D eigenvalue weighted by molar-refractivity contribution is 7.89. The Morgan fingerprint density at radius 1 is 1.38 bits per heavy atom. The molecule has 0 aliphatic rings. The molecule has 0 spiro atoms. The highest BCUT2D eigenvalue weighted by atomic mass is 32.2. The zero-order chi connectivity index (χ0) is 19.3. The summed E-state index contributed by atoms with van der Waals surface area (Å²) in [5, 5.41) is 13.1. The third kappa shape index (κ3) is 3.92. The van der Waals surface area contributed by atoms with Crippen molar-refractivity contribution >= 4 is 22.1 Å². The van der Waals surface area contributed by atoms with Crippen molar-refractivity contribution in [2.45, 2.75) is 25.7 Å². The van der Waals surface area contributed by atoms with Crippen LogP contribution in [0.25, 0.3) is 0 Å². The first-order valence-corrected chi connectivity index (χ1v) is 9.60. The number of hydrogen-bond acceptors (Lipinski definition) is 6. The molecule has 1 N–H and O–H groups in total. The molecular formula is C17H22N6O2S. The van der Waals surface area contributed by atoms with Crippen LogP contribution in [-0.2, 0) is 17.1 Å². The normalized spacial score (nSPS) is 11.8. The van der Waals surface area contributed by atoms with E-state index in [1.807, 2.05) is 14.0 Å². The number of pyridine rings is 1. The first kappa shape index (κ1) is 19.6. The quantitative estimate of drug-likeness (QED) is 0.590. The second-order valence-corrected chi connectivity index (χ2v) is 7.52. The van der Waals surface area contributed by atoms with Gasteiger partial charge in [0, 0.05) is 37.6 Å². The summed E-state index contributed by atoms with van der Waals surface area (Å²) >= 11 is 0. The summed E-state index contributed by atoms with van der Waals surface area (Å²) in [6, 6.07) is 6.92. The summed E-state index contributed by atoms with van der Waals surface area (Å²) in [5.74, 6) is 0.425. The number of anilines is 1. The van der Waals surface area contributed by atoms with Crippen LogP contribution in [0.2, 0.25) is 0 Å². The Balaban J connectivity index is 2.12. The van der Waals surface area contributed by atoms with Crippen molar-refractivity contribution < 1.29 is 8.42 Å². The molecule has 0 aliphatic carbocycles. The zero-order valence-electron chi connectivity index (χ0n) is 15.3. The van der Waals surface area contributed by atoms with Crippen molar-refractivity contribution in [3.63, 3.8) is 0 Å². The molecule has 8 nitrogen and oxygen atoms in total. The predicted octanol–water partition coefficient (Wildman–Crippen LogP) is 2.08. The van der Waals surface area contributed by atoms with E-state index in [4.69, 9.17) is 5.26 Å². The number of rotatable bonds is 7. The molecule has 2 aromatic heterocycles. The standard InChI is InChI=1S/C17H22N6O2S/c1-5-23(6-2)26(24,25)16-7-8-17(19-12-16)21-20-11-14-9-15(10-18)22(4)13(14)3/h7-9,11-12H,5-6H2,1-4H3,(H,19,21)/b20-11-. The molecule has 2 aromatic rings. The van der Waals surface area contributed by atoms with Crippen LogP contribution < -0.4 is 5.43 Å². The summed E-state index contributed by atoms with van der Waals surface area (Å²) in [7, 11) is -1.71. The highest BCUT2D eigenvalue weighted by Gasteiger charge is 2.21. The molecule has 9 heteroatoms. The van der Waals surface area contributed by atoms with Gasteiger partial charge in [0.05, 0.1) is 6.21 Å². The lowest BCUT2D eigenvalue weighted by atomic mass is 10.3. The third-order valence-corrected chi connectivity index (χ3v) is 6.18. The minimum Gasteiger partial charge on any atom is -0.339 e. The Hall–Kier alpha value is -2.70. The van der Waals surface area contributed by atoms with Gasteiger partial charge in [-0.15, -0.1) is 0 Å². The van der Waals surface area contributed by atoms with Gasteiger partial charge in [-0.25, -0.2) is 13.4 Å². The molecule has 0 amide bonds. The highest BCUT2D eigenvalue weighted by Crippen LogP contribution is 2.16. The lowest BCUT2D eigenvalue weighted by molar-refractivity contribution is 0.445. The third-order valence-electron chi connectivity index (χ3n) is 4.15. The van der Waals surface area contributed by atoms with Crippen molar-refractivity contribution in [2.75, 3.05) is 18.5 Å². The van der Waals surface area contributed by atoms with E-state index in [1.54, 1.807) is 36.8 Å². The molecule has 0 aliphatic heterocycles. The first-order chi connectivity index (χ1) is 12.3. The molecule has 26 heavy (non-hydrogen) atoms. The average molecular weight is 374 g/mol. The number of hydrazone groups is 1. The summed E-state index contributed by atoms with van der Waals surface area (Å²) in [6.45, 7) is 6.30. The van der Waals surface area contributed by atoms with Gasteiger partial charge in [0.1, 0.15) is 22.5 Å². The lowest BCUT2D eigenvalue weighted by Gasteiger charge is -2.18. The number of sulfonamides is 1. The number of aromatic nitrogens is 2. The van der Waals surface area contributed by atoms with Crippen molar-refractivity contribution in [3.05, 3.63) is 41.3 Å². The fraction of sp³-hybridized carbons (Fsp3) is 0.353. The summed E-state index contributed by atoms with van der Waals surface area (Å²) in [5.41, 5.74) is 5.04. The van der Waals surface area contributed by atoms with E-state index in [1.165, 1.54) is 16.6 Å². The van der Waals surface area contributed by atoms with Crippen molar-refractivity contribution in [3.8, 4) is 6.07 Å². The molecule has 138 valence electrons. The van der Waals surface area contributed by atoms with Crippen LogP contribution in [0, 0.1) is 18.3 Å². The molecule has 0 saturated carbocycles. The van der Waals surface area contributed by atoms with Gasteiger partial charge < -0.3 is 4.57 Å². The molecule has 0 saturated heterocycles. The van der Waals surface area contributed by atoms with E-state index in [0.29, 0.717) is 24.6 Å². The first-order valence-electron chi connectivity index (χ1n) is 8.16. The van der Waals surface area contributed by atoms with Crippen molar-refractivity contribution in [1.29, 1.82) is 5.26 Å². The van der Waals surface area contributed by atoms with E-state index in [2.05, 4.69) is 21.6 Å². The van der Waals surface area contributed by atoms with Gasteiger partial charge in [-0.05, 0) is 25.1 Å². The van der Waals surface area contributed by atoms with Crippen LogP contribution >= 0.6 is 0 Å². The molecule has 0 atom stereocenters. The second-order valence-electron chi connectivity index (χ2n) is 5.58. The van der Waals surface area contributed by atoms with Gasteiger partial charge in [0.25, 0.3) is 0 Å². The maximum absolute atomic E-state index is 12.4. The van der Waals surface area contributed by atoms with E-state index >= 15 is 0 Å². The second kappa shape index (κ2) is 8.12. The van der Waals surface area contributed by atoms with Gasteiger partial charge in [0.2, 0.25) is 10.0 Å². The SMILES string of the molecule is CCN(CC)S(=O)(=O)c1ccc(N/N=C\c2cc(C#N)n(C)c2C)nc1. The Labute approximate surface area is 153 Å². The summed E-state index contributed by atoms with van der Waals surface area (Å²) < 4.78 is 28.0. The average Bonchev–Trinajstić information content (AvgIpc) is 2.91. The number of hydrogen-bond donors (Lipinski definition) is 1. The van der Waals surface area contributed by atoms with Crippen LogP contribution in [0.5, 0.6) is 0 Å². The van der Waals surface area contributed by atoms with Gasteiger partial charge >= 0.3 is 0 Å². The lowest BCUT2D eigenvalue weighted by Crippen LogP contribution is -2.30. The van der Waals surface area contributed by atoms with Crippen LogP contribution in [0.4, 0.5) is 5.82 Å². The van der Waals surface area contributed by atoms with Gasteiger partial charge in [-0.1, -0.05) is 13.8 Å².